The van der Waals surface area contributed by atoms with E-state index in [1.807, 2.05) is 0 Å². The van der Waals surface area contributed by atoms with Crippen molar-refractivity contribution in [3.05, 3.63) is 0 Å². The number of rotatable bonds is 13. The SMILES string of the molecule is CCCCCCCCCC(C)(C)CCCCCC. The number of unbranched alkanes of at least 4 members (excludes halogenated alkanes) is 9. The fourth-order valence-corrected chi connectivity index (χ4v) is 2.72. The van der Waals surface area contributed by atoms with E-state index in [4.69, 9.17) is 0 Å². The fourth-order valence-electron chi connectivity index (χ4n) is 2.72. The van der Waals surface area contributed by atoms with Crippen LogP contribution < -0.4 is 0 Å². The lowest BCUT2D eigenvalue weighted by Gasteiger charge is -2.24. The van der Waals surface area contributed by atoms with Gasteiger partial charge in [-0.1, -0.05) is 98.3 Å². The van der Waals surface area contributed by atoms with Gasteiger partial charge in [0.25, 0.3) is 0 Å². The lowest BCUT2D eigenvalue weighted by atomic mass is 9.82. The molecule has 0 nitrogen and oxygen atoms in total. The molecule has 0 rings (SSSR count). The number of hydrogen-bond acceptors (Lipinski definition) is 0. The highest BCUT2D eigenvalue weighted by molar-refractivity contribution is 4.68. The molecule has 0 saturated carbocycles. The Labute approximate surface area is 117 Å². The second kappa shape index (κ2) is 12.1. The minimum absolute atomic E-state index is 0.594. The van der Waals surface area contributed by atoms with Gasteiger partial charge >= 0.3 is 0 Å². The van der Waals surface area contributed by atoms with Gasteiger partial charge in [0.15, 0.2) is 0 Å². The van der Waals surface area contributed by atoms with Gasteiger partial charge in [0.05, 0.1) is 0 Å². The third-order valence-electron chi connectivity index (χ3n) is 4.16. The Morgan fingerprint density at radius 1 is 0.500 bits per heavy atom. The molecule has 0 spiro atoms. The van der Waals surface area contributed by atoms with Gasteiger partial charge in [-0.2, -0.15) is 0 Å². The zero-order valence-corrected chi connectivity index (χ0v) is 13.7. The highest BCUT2D eigenvalue weighted by atomic mass is 14.2. The molecule has 0 fully saturated rings. The lowest BCUT2D eigenvalue weighted by Crippen LogP contribution is -2.10. The maximum atomic E-state index is 2.47. The van der Waals surface area contributed by atoms with Crippen molar-refractivity contribution in [1.29, 1.82) is 0 Å². The summed E-state index contributed by atoms with van der Waals surface area (Å²) in [6.45, 7) is 9.52. The van der Waals surface area contributed by atoms with Crippen molar-refractivity contribution in [3.63, 3.8) is 0 Å². The molecule has 0 heterocycles. The van der Waals surface area contributed by atoms with Crippen molar-refractivity contribution in [3.8, 4) is 0 Å². The van der Waals surface area contributed by atoms with Crippen LogP contribution in [0.5, 0.6) is 0 Å². The third kappa shape index (κ3) is 12.5. The van der Waals surface area contributed by atoms with E-state index in [-0.39, 0.29) is 0 Å². The van der Waals surface area contributed by atoms with Crippen LogP contribution >= 0.6 is 0 Å². The average molecular weight is 255 g/mol. The summed E-state index contributed by atoms with van der Waals surface area (Å²) in [7, 11) is 0. The van der Waals surface area contributed by atoms with Gasteiger partial charge in [0, 0.05) is 0 Å². The Bertz CT molecular complexity index is 157. The highest BCUT2D eigenvalue weighted by Gasteiger charge is 2.16. The van der Waals surface area contributed by atoms with E-state index in [2.05, 4.69) is 27.7 Å². The first kappa shape index (κ1) is 18.0. The molecule has 0 radical (unpaired) electrons. The van der Waals surface area contributed by atoms with Crippen LogP contribution in [-0.2, 0) is 0 Å². The monoisotopic (exact) mass is 254 g/mol. The molecule has 0 amide bonds. The van der Waals surface area contributed by atoms with E-state index in [9.17, 15) is 0 Å². The Morgan fingerprint density at radius 2 is 0.833 bits per heavy atom. The van der Waals surface area contributed by atoms with Crippen molar-refractivity contribution >= 4 is 0 Å². The summed E-state index contributed by atoms with van der Waals surface area (Å²) in [6.07, 6.45) is 18.6. The fraction of sp³-hybridized carbons (Fsp3) is 1.00. The standard InChI is InChI=1S/C18H38/c1-5-7-9-11-12-13-15-17-18(3,4)16-14-10-8-6-2/h5-17H2,1-4H3. The molecular formula is C18H38. The maximum Gasteiger partial charge on any atom is -0.0354 e. The first-order chi connectivity index (χ1) is 8.62. The summed E-state index contributed by atoms with van der Waals surface area (Å²) >= 11 is 0. The molecule has 0 aromatic heterocycles. The molecule has 0 heteroatoms. The van der Waals surface area contributed by atoms with E-state index < -0.39 is 0 Å². The molecule has 18 heavy (non-hydrogen) atoms. The Kier molecular flexibility index (Phi) is 12.1. The Morgan fingerprint density at radius 3 is 1.28 bits per heavy atom. The molecule has 0 saturated heterocycles. The van der Waals surface area contributed by atoms with Crippen molar-refractivity contribution in [2.24, 2.45) is 5.41 Å². The predicted octanol–water partition coefficient (Wildman–Crippen LogP) is 7.12. The van der Waals surface area contributed by atoms with Crippen molar-refractivity contribution in [2.75, 3.05) is 0 Å². The smallest absolute Gasteiger partial charge is 0.0354 e. The van der Waals surface area contributed by atoms with Crippen LogP contribution in [0, 0.1) is 5.41 Å². The van der Waals surface area contributed by atoms with Crippen molar-refractivity contribution < 1.29 is 0 Å². The Balaban J connectivity index is 3.34. The van der Waals surface area contributed by atoms with Gasteiger partial charge in [-0.3, -0.25) is 0 Å². The third-order valence-corrected chi connectivity index (χ3v) is 4.16. The molecule has 0 aromatic carbocycles. The molecule has 110 valence electrons. The molecule has 0 bridgehead atoms. The van der Waals surface area contributed by atoms with Crippen LogP contribution in [0.1, 0.15) is 111 Å². The average Bonchev–Trinajstić information content (AvgIpc) is 2.34. The molecule has 0 unspecified atom stereocenters. The molecular weight excluding hydrogens is 216 g/mol. The van der Waals surface area contributed by atoms with Crippen LogP contribution in [0.25, 0.3) is 0 Å². The summed E-state index contributed by atoms with van der Waals surface area (Å²) in [6, 6.07) is 0. The Hall–Kier alpha value is 0. The van der Waals surface area contributed by atoms with Crippen LogP contribution in [0.15, 0.2) is 0 Å². The van der Waals surface area contributed by atoms with Gasteiger partial charge < -0.3 is 0 Å². The van der Waals surface area contributed by atoms with Gasteiger partial charge in [-0.05, 0) is 18.3 Å². The van der Waals surface area contributed by atoms with Gasteiger partial charge in [-0.25, -0.2) is 0 Å². The minimum atomic E-state index is 0.594. The molecule has 0 aliphatic heterocycles. The first-order valence-electron chi connectivity index (χ1n) is 8.62. The van der Waals surface area contributed by atoms with Crippen LogP contribution in [0.3, 0.4) is 0 Å². The van der Waals surface area contributed by atoms with Crippen LogP contribution in [-0.4, -0.2) is 0 Å². The lowest BCUT2D eigenvalue weighted by molar-refractivity contribution is 0.282. The summed E-state index contributed by atoms with van der Waals surface area (Å²) < 4.78 is 0. The predicted molar refractivity (Wildman–Crippen MR) is 85.2 cm³/mol. The van der Waals surface area contributed by atoms with Crippen LogP contribution in [0.2, 0.25) is 0 Å². The van der Waals surface area contributed by atoms with Gasteiger partial charge in [0.1, 0.15) is 0 Å². The van der Waals surface area contributed by atoms with Gasteiger partial charge in [0.2, 0.25) is 0 Å². The highest BCUT2D eigenvalue weighted by Crippen LogP contribution is 2.30. The maximum absolute atomic E-state index is 2.47. The van der Waals surface area contributed by atoms with Crippen molar-refractivity contribution in [1.82, 2.24) is 0 Å². The van der Waals surface area contributed by atoms with E-state index in [1.54, 1.807) is 0 Å². The van der Waals surface area contributed by atoms with Crippen molar-refractivity contribution in [2.45, 2.75) is 111 Å². The van der Waals surface area contributed by atoms with Gasteiger partial charge in [-0.15, -0.1) is 0 Å². The summed E-state index contributed by atoms with van der Waals surface area (Å²) in [4.78, 5) is 0. The number of hydrogen-bond donors (Lipinski definition) is 0. The largest absolute Gasteiger partial charge is 0.0654 e. The second-order valence-electron chi connectivity index (χ2n) is 6.85. The zero-order chi connectivity index (χ0) is 13.7. The normalized spacial score (nSPS) is 12.0. The van der Waals surface area contributed by atoms with E-state index in [0.717, 1.165) is 0 Å². The first-order valence-corrected chi connectivity index (χ1v) is 8.62. The quantitative estimate of drug-likeness (QED) is 0.307. The molecule has 0 aliphatic carbocycles. The summed E-state index contributed by atoms with van der Waals surface area (Å²) in [5.74, 6) is 0. The molecule has 0 aliphatic rings. The molecule has 0 aromatic rings. The van der Waals surface area contributed by atoms with Crippen LogP contribution in [0.4, 0.5) is 0 Å². The molecule has 0 N–H and O–H groups in total. The van der Waals surface area contributed by atoms with E-state index in [1.165, 1.54) is 83.5 Å². The molecule has 0 atom stereocenters. The second-order valence-corrected chi connectivity index (χ2v) is 6.85. The summed E-state index contributed by atoms with van der Waals surface area (Å²) in [5, 5.41) is 0. The zero-order valence-electron chi connectivity index (χ0n) is 13.7. The topological polar surface area (TPSA) is 0 Å². The van der Waals surface area contributed by atoms with E-state index in [0.29, 0.717) is 5.41 Å². The summed E-state index contributed by atoms with van der Waals surface area (Å²) in [5.41, 5.74) is 0.594. The minimum Gasteiger partial charge on any atom is -0.0654 e. The van der Waals surface area contributed by atoms with E-state index >= 15 is 0 Å².